The van der Waals surface area contributed by atoms with Crippen LogP contribution in [0.5, 0.6) is 0 Å². The topological polar surface area (TPSA) is 63.3 Å². The maximum Gasteiger partial charge on any atom is 0.249 e. The summed E-state index contributed by atoms with van der Waals surface area (Å²) in [5.74, 6) is -0.481. The number of primary amides is 1. The first-order chi connectivity index (χ1) is 5.75. The van der Waals surface area contributed by atoms with Crippen molar-refractivity contribution in [2.45, 2.75) is 6.61 Å². The maximum absolute atomic E-state index is 10.6. The first-order valence-electron chi connectivity index (χ1n) is 2.98. The van der Waals surface area contributed by atoms with Gasteiger partial charge in [0, 0.05) is 4.88 Å². The normalized spacial score (nSPS) is 8.58. The summed E-state index contributed by atoms with van der Waals surface area (Å²) in [5, 5.41) is 10.4. The molecule has 0 spiro atoms. The molecule has 1 amide bonds. The van der Waals surface area contributed by atoms with Crippen molar-refractivity contribution in [3.63, 3.8) is 0 Å². The van der Waals surface area contributed by atoms with E-state index < -0.39 is 5.91 Å². The molecule has 0 aliphatic heterocycles. The molecular formula is C6H10NO2PS2. The van der Waals surface area contributed by atoms with Crippen molar-refractivity contribution >= 4 is 37.9 Å². The molecule has 0 saturated heterocycles. The number of rotatable bonds is 2. The summed E-state index contributed by atoms with van der Waals surface area (Å²) in [4.78, 5) is 11.2. The Hall–Kier alpha value is -0.0900. The minimum Gasteiger partial charge on any atom is -0.391 e. The third-order valence-electron chi connectivity index (χ3n) is 1.15. The molecule has 0 aliphatic rings. The van der Waals surface area contributed by atoms with E-state index in [1.54, 1.807) is 11.4 Å². The van der Waals surface area contributed by atoms with Crippen LogP contribution < -0.4 is 5.73 Å². The third kappa shape index (κ3) is 3.11. The second-order valence-corrected chi connectivity index (χ2v) is 2.78. The minimum atomic E-state index is -0.481. The van der Waals surface area contributed by atoms with Gasteiger partial charge < -0.3 is 10.8 Å². The van der Waals surface area contributed by atoms with Gasteiger partial charge in [0.15, 0.2) is 0 Å². The molecule has 0 radical (unpaired) electrons. The second-order valence-electron chi connectivity index (χ2n) is 1.78. The Morgan fingerprint density at radius 3 is 2.67 bits per heavy atom. The Bertz CT molecular complexity index is 251. The van der Waals surface area contributed by atoms with Gasteiger partial charge in [0.2, 0.25) is 5.91 Å². The average Bonchev–Trinajstić information content (AvgIpc) is 2.55. The van der Waals surface area contributed by atoms with E-state index >= 15 is 0 Å². The van der Waals surface area contributed by atoms with Crippen LogP contribution in [0.3, 0.4) is 0 Å². The van der Waals surface area contributed by atoms with E-state index in [0.29, 0.717) is 10.4 Å². The van der Waals surface area contributed by atoms with E-state index in [0.717, 1.165) is 0 Å². The summed E-state index contributed by atoms with van der Waals surface area (Å²) in [6.07, 6.45) is 0. The Morgan fingerprint density at radius 2 is 2.33 bits per heavy atom. The van der Waals surface area contributed by atoms with Crippen molar-refractivity contribution < 1.29 is 9.90 Å². The van der Waals surface area contributed by atoms with Gasteiger partial charge in [-0.25, -0.2) is 0 Å². The van der Waals surface area contributed by atoms with Crippen LogP contribution in [-0.4, -0.2) is 11.0 Å². The highest BCUT2D eigenvalue weighted by Gasteiger charge is 2.06. The number of amides is 1. The largest absolute Gasteiger partial charge is 0.391 e. The molecule has 1 atom stereocenters. The molecule has 12 heavy (non-hydrogen) atoms. The zero-order chi connectivity index (χ0) is 9.56. The van der Waals surface area contributed by atoms with E-state index in [4.69, 9.17) is 10.8 Å². The monoisotopic (exact) mass is 223 g/mol. The van der Waals surface area contributed by atoms with Crippen molar-refractivity contribution in [2.24, 2.45) is 5.73 Å². The zero-order valence-corrected chi connectivity index (χ0v) is 9.09. The molecule has 1 aromatic rings. The quantitative estimate of drug-likeness (QED) is 0.518. The summed E-state index contributed by atoms with van der Waals surface area (Å²) in [6.45, 7) is -0.115. The van der Waals surface area contributed by atoms with Crippen LogP contribution in [0.2, 0.25) is 0 Å². The number of aliphatic hydroxyl groups excluding tert-OH is 1. The zero-order valence-electron chi connectivity index (χ0n) is 6.23. The van der Waals surface area contributed by atoms with E-state index in [9.17, 15) is 4.79 Å². The van der Waals surface area contributed by atoms with Crippen molar-refractivity contribution in [1.29, 1.82) is 0 Å². The molecule has 0 saturated carbocycles. The lowest BCUT2D eigenvalue weighted by atomic mass is 10.2. The molecular weight excluding hydrogens is 213 g/mol. The number of hydrogen-bond acceptors (Lipinski definition) is 4. The van der Waals surface area contributed by atoms with Crippen LogP contribution in [0.15, 0.2) is 11.4 Å². The van der Waals surface area contributed by atoms with Gasteiger partial charge in [-0.15, -0.1) is 11.3 Å². The average molecular weight is 223 g/mol. The lowest BCUT2D eigenvalue weighted by Crippen LogP contribution is -2.11. The summed E-state index contributed by atoms with van der Waals surface area (Å²) < 4.78 is 0. The van der Waals surface area contributed by atoms with Crippen LogP contribution in [-0.2, 0) is 6.61 Å². The van der Waals surface area contributed by atoms with Crippen molar-refractivity contribution in [1.82, 2.24) is 0 Å². The van der Waals surface area contributed by atoms with Gasteiger partial charge in [0.25, 0.3) is 0 Å². The minimum absolute atomic E-state index is 0.115. The molecule has 3 N–H and O–H groups in total. The third-order valence-corrected chi connectivity index (χ3v) is 2.06. The van der Waals surface area contributed by atoms with Gasteiger partial charge in [0.05, 0.1) is 12.2 Å². The fourth-order valence-corrected chi connectivity index (χ4v) is 1.42. The molecule has 1 unspecified atom stereocenters. The lowest BCUT2D eigenvalue weighted by Gasteiger charge is -1.92. The summed E-state index contributed by atoms with van der Waals surface area (Å²) >= 11 is 4.77. The van der Waals surface area contributed by atoms with Gasteiger partial charge in [-0.1, -0.05) is 8.44 Å². The van der Waals surface area contributed by atoms with E-state index in [1.165, 1.54) is 11.3 Å². The predicted octanol–water partition coefficient (Wildman–Crippen LogP) is 1.05. The summed E-state index contributed by atoms with van der Waals surface area (Å²) in [7, 11) is 2.11. The van der Waals surface area contributed by atoms with Gasteiger partial charge >= 0.3 is 0 Å². The predicted molar refractivity (Wildman–Crippen MR) is 57.5 cm³/mol. The fourth-order valence-electron chi connectivity index (χ4n) is 0.683. The fraction of sp³-hybridized carbons (Fsp3) is 0.167. The van der Waals surface area contributed by atoms with Crippen LogP contribution >= 0.6 is 32.0 Å². The maximum atomic E-state index is 10.6. The molecule has 0 aliphatic carbocycles. The lowest BCUT2D eigenvalue weighted by molar-refractivity contribution is 0.0998. The van der Waals surface area contributed by atoms with Crippen molar-refractivity contribution in [3.05, 3.63) is 21.9 Å². The van der Waals surface area contributed by atoms with Crippen molar-refractivity contribution in [2.75, 3.05) is 0 Å². The van der Waals surface area contributed by atoms with Crippen LogP contribution in [0.1, 0.15) is 15.2 Å². The van der Waals surface area contributed by atoms with E-state index in [2.05, 4.69) is 20.7 Å². The summed E-state index contributed by atoms with van der Waals surface area (Å²) in [5.41, 5.74) is 5.41. The van der Waals surface area contributed by atoms with E-state index in [1.807, 2.05) is 0 Å². The Morgan fingerprint density at radius 1 is 1.75 bits per heavy atom. The molecule has 0 bridgehead atoms. The Kier molecular flexibility index (Phi) is 6.38. The number of aliphatic hydroxyl groups is 1. The molecule has 1 aromatic heterocycles. The molecule has 6 heteroatoms. The first kappa shape index (κ1) is 11.9. The number of hydrogen-bond donors (Lipinski definition) is 3. The van der Waals surface area contributed by atoms with Gasteiger partial charge in [-0.2, -0.15) is 12.2 Å². The van der Waals surface area contributed by atoms with Crippen LogP contribution in [0.4, 0.5) is 0 Å². The highest BCUT2D eigenvalue weighted by molar-refractivity contribution is 8.31. The van der Waals surface area contributed by atoms with Gasteiger partial charge in [0.1, 0.15) is 0 Å². The number of thiophene rings is 1. The summed E-state index contributed by atoms with van der Waals surface area (Å²) in [6, 6.07) is 1.61. The standard InChI is InChI=1S/C6H7NO2S.H3PS/c7-6(9)4-1-2-10-5(4)3-8;1-2/h1-2,8H,3H2,(H2,7,9);2H,1H2. The molecule has 1 rings (SSSR count). The number of thiol groups is 1. The molecule has 0 aromatic carbocycles. The second kappa shape index (κ2) is 6.43. The van der Waals surface area contributed by atoms with Crippen LogP contribution in [0.25, 0.3) is 0 Å². The van der Waals surface area contributed by atoms with E-state index in [-0.39, 0.29) is 6.61 Å². The SMILES string of the molecule is NC(=O)c1ccsc1CO.PS. The first-order valence-corrected chi connectivity index (χ1v) is 5.93. The highest BCUT2D eigenvalue weighted by atomic mass is 32.7. The smallest absolute Gasteiger partial charge is 0.249 e. The van der Waals surface area contributed by atoms with Gasteiger partial charge in [-0.05, 0) is 11.4 Å². The van der Waals surface area contributed by atoms with Gasteiger partial charge in [-0.3, -0.25) is 4.79 Å². The molecule has 0 fully saturated rings. The molecule has 1 heterocycles. The molecule has 3 nitrogen and oxygen atoms in total. The number of carbonyl (C=O) groups is 1. The number of carbonyl (C=O) groups excluding carboxylic acids is 1. The Labute approximate surface area is 82.3 Å². The molecule has 68 valence electrons. The van der Waals surface area contributed by atoms with Crippen molar-refractivity contribution in [3.8, 4) is 0 Å². The van der Waals surface area contributed by atoms with Crippen LogP contribution in [0, 0.1) is 0 Å². The highest BCUT2D eigenvalue weighted by Crippen LogP contribution is 2.15. The number of nitrogens with two attached hydrogens (primary N) is 1. The Balaban J connectivity index is 0.000000561.